The quantitative estimate of drug-likeness (QED) is 0.292. The van der Waals surface area contributed by atoms with Crippen LogP contribution in [0.4, 0.5) is 16.2 Å². The molecule has 0 fully saturated rings. The highest BCUT2D eigenvalue weighted by Crippen LogP contribution is 2.36. The summed E-state index contributed by atoms with van der Waals surface area (Å²) in [4.78, 5) is 30.6. The predicted octanol–water partition coefficient (Wildman–Crippen LogP) is 5.72. The van der Waals surface area contributed by atoms with E-state index in [-0.39, 0.29) is 37.1 Å². The van der Waals surface area contributed by atoms with Gasteiger partial charge in [0.15, 0.2) is 17.2 Å². The SMILES string of the molecule is C[C@@H]1CN([C@H](C)CO)C(=O)c2cccc(NC(=O)Nc3ccc4c(c3)OCO4)c2O[C@@H]1CN(C)Cc1ccc(Cl)c(Cl)c1. The summed E-state index contributed by atoms with van der Waals surface area (Å²) in [6, 6.07) is 14.7. The molecule has 0 radical (unpaired) electrons. The zero-order chi connectivity index (χ0) is 30.7. The van der Waals surface area contributed by atoms with E-state index in [0.29, 0.717) is 58.1 Å². The Balaban J connectivity index is 1.40. The number of likely N-dealkylation sites (N-methyl/N-ethyl adjacent to an activating group) is 1. The fourth-order valence-electron chi connectivity index (χ4n) is 5.14. The summed E-state index contributed by atoms with van der Waals surface area (Å²) in [5, 5.41) is 16.6. The maximum Gasteiger partial charge on any atom is 0.323 e. The smallest absolute Gasteiger partial charge is 0.323 e. The second-order valence-electron chi connectivity index (χ2n) is 10.9. The summed E-state index contributed by atoms with van der Waals surface area (Å²) < 4.78 is 17.3. The van der Waals surface area contributed by atoms with Gasteiger partial charge in [-0.1, -0.05) is 42.3 Å². The molecule has 3 amide bonds. The molecular weight excluding hydrogens is 595 g/mol. The first-order valence-electron chi connectivity index (χ1n) is 13.9. The van der Waals surface area contributed by atoms with Crippen molar-refractivity contribution in [3.05, 3.63) is 75.8 Å². The van der Waals surface area contributed by atoms with Crippen molar-refractivity contribution in [3.8, 4) is 17.2 Å². The minimum Gasteiger partial charge on any atom is -0.486 e. The molecule has 3 aromatic rings. The van der Waals surface area contributed by atoms with E-state index in [1.54, 1.807) is 54.3 Å². The molecule has 10 nitrogen and oxygen atoms in total. The number of aliphatic hydroxyl groups is 1. The summed E-state index contributed by atoms with van der Waals surface area (Å²) in [6.45, 7) is 5.23. The zero-order valence-electron chi connectivity index (χ0n) is 24.1. The molecule has 2 aliphatic rings. The van der Waals surface area contributed by atoms with Crippen LogP contribution in [0.2, 0.25) is 10.0 Å². The van der Waals surface area contributed by atoms with E-state index in [1.807, 2.05) is 26.1 Å². The van der Waals surface area contributed by atoms with Gasteiger partial charge in [-0.3, -0.25) is 9.69 Å². The van der Waals surface area contributed by atoms with E-state index in [0.717, 1.165) is 5.56 Å². The number of carbonyl (C=O) groups is 2. The van der Waals surface area contributed by atoms with E-state index in [4.69, 9.17) is 37.4 Å². The van der Waals surface area contributed by atoms with Crippen LogP contribution in [0.25, 0.3) is 0 Å². The van der Waals surface area contributed by atoms with Crippen LogP contribution in [-0.4, -0.2) is 72.5 Å². The van der Waals surface area contributed by atoms with Crippen LogP contribution in [0.15, 0.2) is 54.6 Å². The first-order valence-corrected chi connectivity index (χ1v) is 14.7. The third-order valence-corrected chi connectivity index (χ3v) is 8.24. The zero-order valence-corrected chi connectivity index (χ0v) is 25.6. The molecule has 2 heterocycles. The molecule has 5 rings (SSSR count). The lowest BCUT2D eigenvalue weighted by molar-refractivity contribution is 0.0343. The molecule has 3 aromatic carbocycles. The minimum absolute atomic E-state index is 0.113. The van der Waals surface area contributed by atoms with Gasteiger partial charge >= 0.3 is 6.03 Å². The van der Waals surface area contributed by atoms with E-state index >= 15 is 0 Å². The van der Waals surface area contributed by atoms with Gasteiger partial charge < -0.3 is 34.9 Å². The van der Waals surface area contributed by atoms with Crippen molar-refractivity contribution in [2.45, 2.75) is 32.5 Å². The minimum atomic E-state index is -0.521. The van der Waals surface area contributed by atoms with Crippen LogP contribution >= 0.6 is 23.2 Å². The topological polar surface area (TPSA) is 113 Å². The number of rotatable bonds is 8. The Bertz CT molecular complexity index is 1510. The molecule has 3 atom stereocenters. The van der Waals surface area contributed by atoms with E-state index in [2.05, 4.69) is 15.5 Å². The van der Waals surface area contributed by atoms with Gasteiger partial charge in [-0.2, -0.15) is 0 Å². The van der Waals surface area contributed by atoms with Crippen LogP contribution in [0, 0.1) is 5.92 Å². The molecule has 12 heteroatoms. The molecule has 43 heavy (non-hydrogen) atoms. The van der Waals surface area contributed by atoms with Crippen molar-refractivity contribution in [1.29, 1.82) is 0 Å². The normalized spacial score (nSPS) is 18.4. The van der Waals surface area contributed by atoms with Crippen molar-refractivity contribution < 1.29 is 28.9 Å². The number of nitrogens with zero attached hydrogens (tertiary/aromatic N) is 2. The van der Waals surface area contributed by atoms with E-state index in [1.165, 1.54) is 0 Å². The van der Waals surface area contributed by atoms with E-state index in [9.17, 15) is 14.7 Å². The highest BCUT2D eigenvalue weighted by atomic mass is 35.5. The van der Waals surface area contributed by atoms with Gasteiger partial charge in [0, 0.05) is 37.3 Å². The Morgan fingerprint density at radius 3 is 2.65 bits per heavy atom. The van der Waals surface area contributed by atoms with Crippen molar-refractivity contribution >= 4 is 46.5 Å². The Morgan fingerprint density at radius 2 is 1.88 bits per heavy atom. The number of anilines is 2. The molecule has 0 bridgehead atoms. The lowest BCUT2D eigenvalue weighted by atomic mass is 9.99. The molecule has 0 spiro atoms. The van der Waals surface area contributed by atoms with Crippen molar-refractivity contribution in [2.75, 3.05) is 44.2 Å². The average molecular weight is 630 g/mol. The molecular formula is C31H34Cl2N4O6. The third kappa shape index (κ3) is 7.10. The van der Waals surface area contributed by atoms with Gasteiger partial charge in [0.1, 0.15) is 6.10 Å². The van der Waals surface area contributed by atoms with Gasteiger partial charge in [0.25, 0.3) is 5.91 Å². The number of urea groups is 1. The highest BCUT2D eigenvalue weighted by molar-refractivity contribution is 6.42. The Hall–Kier alpha value is -3.70. The maximum absolute atomic E-state index is 13.7. The van der Waals surface area contributed by atoms with Crippen LogP contribution < -0.4 is 24.8 Å². The van der Waals surface area contributed by atoms with Gasteiger partial charge in [-0.25, -0.2) is 4.79 Å². The van der Waals surface area contributed by atoms with Crippen molar-refractivity contribution in [1.82, 2.24) is 9.80 Å². The summed E-state index contributed by atoms with van der Waals surface area (Å²) >= 11 is 12.3. The lowest BCUT2D eigenvalue weighted by Crippen LogP contribution is -2.49. The van der Waals surface area contributed by atoms with Gasteiger partial charge in [0.2, 0.25) is 6.79 Å². The van der Waals surface area contributed by atoms with Crippen molar-refractivity contribution in [2.24, 2.45) is 5.92 Å². The molecule has 228 valence electrons. The summed E-state index contributed by atoms with van der Waals surface area (Å²) in [5.41, 5.74) is 2.14. The number of ether oxygens (including phenoxy) is 3. The number of fused-ring (bicyclic) bond motifs is 2. The first-order chi connectivity index (χ1) is 20.6. The van der Waals surface area contributed by atoms with Crippen molar-refractivity contribution in [3.63, 3.8) is 0 Å². The number of halogens is 2. The van der Waals surface area contributed by atoms with Gasteiger partial charge in [-0.15, -0.1) is 0 Å². The van der Waals surface area contributed by atoms with E-state index < -0.39 is 12.1 Å². The van der Waals surface area contributed by atoms with Crippen LogP contribution in [0.5, 0.6) is 17.2 Å². The Kier molecular flexibility index (Phi) is 9.51. The fraction of sp³-hybridized carbons (Fsp3) is 0.355. The molecule has 0 aromatic heterocycles. The molecule has 0 unspecified atom stereocenters. The molecule has 0 saturated carbocycles. The second kappa shape index (κ2) is 13.3. The number of hydrogen-bond donors (Lipinski definition) is 3. The largest absolute Gasteiger partial charge is 0.486 e. The lowest BCUT2D eigenvalue weighted by Gasteiger charge is -2.38. The van der Waals surface area contributed by atoms with Crippen LogP contribution in [0.3, 0.4) is 0 Å². The summed E-state index contributed by atoms with van der Waals surface area (Å²) in [6.07, 6.45) is -0.368. The first kappa shape index (κ1) is 30.7. The highest BCUT2D eigenvalue weighted by Gasteiger charge is 2.34. The molecule has 2 aliphatic heterocycles. The van der Waals surface area contributed by atoms with Gasteiger partial charge in [-0.05, 0) is 55.9 Å². The van der Waals surface area contributed by atoms with Crippen LogP contribution in [-0.2, 0) is 6.54 Å². The second-order valence-corrected chi connectivity index (χ2v) is 11.7. The Labute approximate surface area is 260 Å². The average Bonchev–Trinajstić information content (AvgIpc) is 3.45. The fourth-order valence-corrected chi connectivity index (χ4v) is 5.46. The summed E-state index contributed by atoms with van der Waals surface area (Å²) in [5.74, 6) is 1.01. The number of para-hydroxylation sites is 1. The number of aliphatic hydroxyl groups excluding tert-OH is 1. The summed E-state index contributed by atoms with van der Waals surface area (Å²) in [7, 11) is 1.97. The molecule has 0 aliphatic carbocycles. The number of benzene rings is 3. The monoisotopic (exact) mass is 628 g/mol. The molecule has 3 N–H and O–H groups in total. The third-order valence-electron chi connectivity index (χ3n) is 7.50. The number of hydrogen-bond acceptors (Lipinski definition) is 7. The maximum atomic E-state index is 13.7. The number of carbonyl (C=O) groups excluding carboxylic acids is 2. The number of nitrogens with one attached hydrogen (secondary N) is 2. The standard InChI is InChI=1S/C31H34Cl2N4O6/c1-18-13-37(19(2)16-38)30(39)22-5-4-6-25(35-31(40)34-21-8-10-26-27(12-21)42-17-41-26)29(22)43-28(18)15-36(3)14-20-7-9-23(32)24(33)11-20/h4-12,18-19,28,38H,13-17H2,1-3H3,(H2,34,35,40)/t18-,19-,28-/m1/s1. The Morgan fingerprint density at radius 1 is 1.09 bits per heavy atom. The van der Waals surface area contributed by atoms with Crippen LogP contribution in [0.1, 0.15) is 29.8 Å². The van der Waals surface area contributed by atoms with Gasteiger partial charge in [0.05, 0.1) is 33.9 Å². The predicted molar refractivity (Wildman–Crippen MR) is 166 cm³/mol. The molecule has 0 saturated heterocycles. The number of amides is 3.